The number of aromatic nitrogens is 2. The average Bonchev–Trinajstić information content (AvgIpc) is 2.99. The van der Waals surface area contributed by atoms with Crippen molar-refractivity contribution in [3.63, 3.8) is 0 Å². The maximum atomic E-state index is 13.0. The first-order valence-corrected chi connectivity index (χ1v) is 8.91. The van der Waals surface area contributed by atoms with Crippen LogP contribution in [0, 0.1) is 0 Å². The maximum absolute atomic E-state index is 13.0. The summed E-state index contributed by atoms with van der Waals surface area (Å²) in [7, 11) is 1.54. The predicted molar refractivity (Wildman–Crippen MR) is 98.3 cm³/mol. The minimum absolute atomic E-state index is 0.0958. The van der Waals surface area contributed by atoms with Gasteiger partial charge in [0.1, 0.15) is 22.7 Å². The molecular formula is C17H15ClN4O2S. The Hall–Kier alpha value is -2.38. The molecule has 0 radical (unpaired) electrons. The van der Waals surface area contributed by atoms with E-state index in [1.165, 1.54) is 6.33 Å². The Labute approximate surface area is 153 Å². The van der Waals surface area contributed by atoms with Gasteiger partial charge in [-0.3, -0.25) is 4.79 Å². The standard InChI is InChI=1S/C17H15ClN4O2S/c1-24-12-3-2-9(18)6-11(12)17(23)22-5-4-10-13(7-22)25-16-14(10)15(19)20-8-21-16/h2-3,6,8H,4-5,7H2,1H3,(H2,19,20,21). The third-order valence-electron chi connectivity index (χ3n) is 4.35. The normalized spacial score (nSPS) is 13.8. The molecule has 0 atom stereocenters. The maximum Gasteiger partial charge on any atom is 0.258 e. The molecule has 8 heteroatoms. The van der Waals surface area contributed by atoms with Crippen LogP contribution in [0.2, 0.25) is 5.02 Å². The van der Waals surface area contributed by atoms with Crippen LogP contribution >= 0.6 is 22.9 Å². The molecule has 6 nitrogen and oxygen atoms in total. The lowest BCUT2D eigenvalue weighted by molar-refractivity contribution is 0.0734. The van der Waals surface area contributed by atoms with Gasteiger partial charge in [-0.1, -0.05) is 11.6 Å². The van der Waals surface area contributed by atoms with E-state index in [1.807, 2.05) is 0 Å². The number of hydrogen-bond acceptors (Lipinski definition) is 6. The summed E-state index contributed by atoms with van der Waals surface area (Å²) in [4.78, 5) is 25.1. The summed E-state index contributed by atoms with van der Waals surface area (Å²) in [6, 6.07) is 5.06. The minimum Gasteiger partial charge on any atom is -0.496 e. The fourth-order valence-electron chi connectivity index (χ4n) is 3.14. The highest BCUT2D eigenvalue weighted by Crippen LogP contribution is 2.37. The molecule has 0 unspecified atom stereocenters. The van der Waals surface area contributed by atoms with Gasteiger partial charge >= 0.3 is 0 Å². The van der Waals surface area contributed by atoms with Crippen LogP contribution in [0.3, 0.4) is 0 Å². The molecule has 2 N–H and O–H groups in total. The van der Waals surface area contributed by atoms with E-state index >= 15 is 0 Å². The van der Waals surface area contributed by atoms with Crippen LogP contribution in [-0.2, 0) is 13.0 Å². The van der Waals surface area contributed by atoms with Crippen molar-refractivity contribution in [1.29, 1.82) is 0 Å². The molecule has 1 amide bonds. The van der Waals surface area contributed by atoms with Gasteiger partial charge in [-0.05, 0) is 30.2 Å². The first-order chi connectivity index (χ1) is 12.1. The number of amides is 1. The van der Waals surface area contributed by atoms with Gasteiger partial charge in [0, 0.05) is 16.4 Å². The molecule has 1 aliphatic rings. The van der Waals surface area contributed by atoms with E-state index in [-0.39, 0.29) is 5.91 Å². The number of hydrogen-bond donors (Lipinski definition) is 1. The van der Waals surface area contributed by atoms with Crippen molar-refractivity contribution in [3.05, 3.63) is 45.6 Å². The van der Waals surface area contributed by atoms with Gasteiger partial charge in [0.2, 0.25) is 0 Å². The zero-order valence-corrected chi connectivity index (χ0v) is 15.0. The van der Waals surface area contributed by atoms with Crippen molar-refractivity contribution in [3.8, 4) is 5.75 Å². The Kier molecular flexibility index (Phi) is 3.97. The molecule has 1 aliphatic heterocycles. The summed E-state index contributed by atoms with van der Waals surface area (Å²) in [5, 5.41) is 1.43. The Balaban J connectivity index is 1.69. The van der Waals surface area contributed by atoms with E-state index < -0.39 is 0 Å². The fourth-order valence-corrected chi connectivity index (χ4v) is 4.53. The third kappa shape index (κ3) is 2.69. The summed E-state index contributed by atoms with van der Waals surface area (Å²) < 4.78 is 5.31. The predicted octanol–water partition coefficient (Wildman–Crippen LogP) is 3.13. The number of methoxy groups -OCH3 is 1. The number of nitrogen functional groups attached to an aromatic ring is 1. The molecule has 25 heavy (non-hydrogen) atoms. The number of fused-ring (bicyclic) bond motifs is 3. The second-order valence-corrected chi connectivity index (χ2v) is 7.28. The van der Waals surface area contributed by atoms with E-state index in [2.05, 4.69) is 9.97 Å². The number of rotatable bonds is 2. The van der Waals surface area contributed by atoms with Crippen molar-refractivity contribution in [2.45, 2.75) is 13.0 Å². The number of carbonyl (C=O) groups excluding carboxylic acids is 1. The van der Waals surface area contributed by atoms with Gasteiger partial charge in [-0.15, -0.1) is 11.3 Å². The molecule has 1 aromatic carbocycles. The van der Waals surface area contributed by atoms with Gasteiger partial charge in [0.05, 0.1) is 24.6 Å². The van der Waals surface area contributed by atoms with Gasteiger partial charge in [0.25, 0.3) is 5.91 Å². The molecule has 4 rings (SSSR count). The first-order valence-electron chi connectivity index (χ1n) is 7.72. The zero-order chi connectivity index (χ0) is 17.6. The van der Waals surface area contributed by atoms with Gasteiger partial charge in [-0.2, -0.15) is 0 Å². The Morgan fingerprint density at radius 3 is 3.04 bits per heavy atom. The zero-order valence-electron chi connectivity index (χ0n) is 13.5. The van der Waals surface area contributed by atoms with Crippen LogP contribution in [0.15, 0.2) is 24.5 Å². The van der Waals surface area contributed by atoms with Crippen molar-refractivity contribution < 1.29 is 9.53 Å². The van der Waals surface area contributed by atoms with Crippen molar-refractivity contribution in [2.75, 3.05) is 19.4 Å². The fraction of sp³-hybridized carbons (Fsp3) is 0.235. The molecule has 0 bridgehead atoms. The van der Waals surface area contributed by atoms with Crippen LogP contribution in [0.25, 0.3) is 10.2 Å². The molecule has 0 saturated carbocycles. The molecule has 3 aromatic rings. The van der Waals surface area contributed by atoms with E-state index in [9.17, 15) is 4.79 Å². The molecule has 128 valence electrons. The lowest BCUT2D eigenvalue weighted by Crippen LogP contribution is -2.35. The number of nitrogens with two attached hydrogens (primary N) is 1. The summed E-state index contributed by atoms with van der Waals surface area (Å²) in [5.41, 5.74) is 7.63. The van der Waals surface area contributed by atoms with E-state index in [0.29, 0.717) is 35.2 Å². The monoisotopic (exact) mass is 374 g/mol. The second-order valence-electron chi connectivity index (χ2n) is 5.76. The Bertz CT molecular complexity index is 988. The lowest BCUT2D eigenvalue weighted by Gasteiger charge is -2.27. The van der Waals surface area contributed by atoms with Gasteiger partial charge < -0.3 is 15.4 Å². The highest BCUT2D eigenvalue weighted by molar-refractivity contribution is 7.19. The highest BCUT2D eigenvalue weighted by Gasteiger charge is 2.28. The van der Waals surface area contributed by atoms with Crippen molar-refractivity contribution in [1.82, 2.24) is 14.9 Å². The molecular weight excluding hydrogens is 360 g/mol. The summed E-state index contributed by atoms with van der Waals surface area (Å²) in [6.45, 7) is 1.12. The number of anilines is 1. The highest BCUT2D eigenvalue weighted by atomic mass is 35.5. The Morgan fingerprint density at radius 1 is 1.40 bits per heavy atom. The van der Waals surface area contributed by atoms with Crippen molar-refractivity contribution >= 4 is 44.9 Å². The van der Waals surface area contributed by atoms with Crippen molar-refractivity contribution in [2.24, 2.45) is 0 Å². The first kappa shape index (κ1) is 16.1. The van der Waals surface area contributed by atoms with Gasteiger partial charge in [0.15, 0.2) is 0 Å². The van der Waals surface area contributed by atoms with Gasteiger partial charge in [-0.25, -0.2) is 9.97 Å². The summed E-state index contributed by atoms with van der Waals surface area (Å²) in [6.07, 6.45) is 2.20. The van der Waals surface area contributed by atoms with Crippen LogP contribution in [-0.4, -0.2) is 34.4 Å². The van der Waals surface area contributed by atoms with E-state index in [0.717, 1.165) is 27.1 Å². The molecule has 2 aromatic heterocycles. The van der Waals surface area contributed by atoms with E-state index in [1.54, 1.807) is 41.5 Å². The van der Waals surface area contributed by atoms with Crippen LogP contribution < -0.4 is 10.5 Å². The number of nitrogens with zero attached hydrogens (tertiary/aromatic N) is 3. The quantitative estimate of drug-likeness (QED) is 0.745. The summed E-state index contributed by atoms with van der Waals surface area (Å²) in [5.74, 6) is 0.923. The van der Waals surface area contributed by atoms with Crippen LogP contribution in [0.4, 0.5) is 5.82 Å². The lowest BCUT2D eigenvalue weighted by atomic mass is 10.0. The Morgan fingerprint density at radius 2 is 2.24 bits per heavy atom. The molecule has 0 spiro atoms. The molecule has 0 fully saturated rings. The molecule has 0 saturated heterocycles. The van der Waals surface area contributed by atoms with Crippen LogP contribution in [0.5, 0.6) is 5.75 Å². The second kappa shape index (κ2) is 6.16. The third-order valence-corrected chi connectivity index (χ3v) is 5.71. The largest absolute Gasteiger partial charge is 0.496 e. The molecule has 0 aliphatic carbocycles. The topological polar surface area (TPSA) is 81.3 Å². The number of carbonyl (C=O) groups is 1. The summed E-state index contributed by atoms with van der Waals surface area (Å²) >= 11 is 7.62. The smallest absolute Gasteiger partial charge is 0.258 e. The number of benzene rings is 1. The molecule has 3 heterocycles. The van der Waals surface area contributed by atoms with E-state index in [4.69, 9.17) is 22.1 Å². The number of thiophene rings is 1. The average molecular weight is 375 g/mol. The van der Waals surface area contributed by atoms with Crippen LogP contribution in [0.1, 0.15) is 20.8 Å². The SMILES string of the molecule is COc1ccc(Cl)cc1C(=O)N1CCc2c(sc3ncnc(N)c23)C1. The number of ether oxygens (including phenoxy) is 1. The minimum atomic E-state index is -0.0958. The number of halogens is 1.